The van der Waals surface area contributed by atoms with Gasteiger partial charge in [-0.1, -0.05) is 24.3 Å². The lowest BCUT2D eigenvalue weighted by Gasteiger charge is -2.27. The van der Waals surface area contributed by atoms with Gasteiger partial charge in [0, 0.05) is 55.6 Å². The number of anilines is 1. The average Bonchev–Trinajstić information content (AvgIpc) is 3.35. The number of nitrogens with zero attached hydrogens (tertiary/aromatic N) is 4. The molecular formula is C21H22N4O2S. The number of amides is 1. The van der Waals surface area contributed by atoms with Crippen LogP contribution in [0.3, 0.4) is 0 Å². The fraction of sp³-hybridized carbons (Fsp3) is 0.333. The lowest BCUT2D eigenvalue weighted by molar-refractivity contribution is -0.123. The molecule has 0 atom stereocenters. The minimum Gasteiger partial charge on any atom is -0.299 e. The number of thiazole rings is 1. The molecule has 0 unspecified atom stereocenters. The van der Waals surface area contributed by atoms with Gasteiger partial charge in [-0.25, -0.2) is 9.67 Å². The zero-order chi connectivity index (χ0) is 19.5. The highest BCUT2D eigenvalue weighted by Gasteiger charge is 2.24. The van der Waals surface area contributed by atoms with Crippen LogP contribution in [0.4, 0.5) is 5.82 Å². The second kappa shape index (κ2) is 8.06. The standard InChI is InChI=1S/C21H22N4O2S/c1-15-13-19-24(10-2-11-25(19)23-15)20(27)8-7-18(26)14-16-3-5-17(6-4-16)21-22-9-12-28-21/h3-6,9,12-13H,2,7-8,10-11,14H2,1H3. The van der Waals surface area contributed by atoms with Crippen molar-refractivity contribution in [3.05, 3.63) is 53.2 Å². The molecular weight excluding hydrogens is 372 g/mol. The summed E-state index contributed by atoms with van der Waals surface area (Å²) < 4.78 is 1.88. The molecule has 0 spiro atoms. The lowest BCUT2D eigenvalue weighted by Crippen LogP contribution is -2.37. The Morgan fingerprint density at radius 1 is 1.14 bits per heavy atom. The van der Waals surface area contributed by atoms with E-state index in [-0.39, 0.29) is 24.5 Å². The lowest BCUT2D eigenvalue weighted by atomic mass is 10.0. The molecule has 1 aliphatic heterocycles. The van der Waals surface area contributed by atoms with Gasteiger partial charge in [0.05, 0.1) is 5.69 Å². The molecule has 7 heteroatoms. The monoisotopic (exact) mass is 394 g/mol. The van der Waals surface area contributed by atoms with E-state index in [9.17, 15) is 9.59 Å². The predicted octanol–water partition coefficient (Wildman–Crippen LogP) is 3.64. The van der Waals surface area contributed by atoms with Crippen molar-refractivity contribution < 1.29 is 9.59 Å². The molecule has 0 bridgehead atoms. The normalized spacial score (nSPS) is 13.4. The van der Waals surface area contributed by atoms with Crippen molar-refractivity contribution >= 4 is 28.8 Å². The number of rotatable bonds is 6. The van der Waals surface area contributed by atoms with Gasteiger partial charge in [-0.15, -0.1) is 11.3 Å². The van der Waals surface area contributed by atoms with E-state index in [1.807, 2.05) is 47.3 Å². The van der Waals surface area contributed by atoms with Crippen molar-refractivity contribution in [2.75, 3.05) is 11.4 Å². The maximum Gasteiger partial charge on any atom is 0.228 e. The Hall–Kier alpha value is -2.80. The highest BCUT2D eigenvalue weighted by Crippen LogP contribution is 2.24. The number of ketones is 1. The van der Waals surface area contributed by atoms with Gasteiger partial charge in [0.15, 0.2) is 0 Å². The third kappa shape index (κ3) is 4.04. The van der Waals surface area contributed by atoms with Crippen molar-refractivity contribution in [2.45, 2.75) is 39.2 Å². The van der Waals surface area contributed by atoms with Crippen LogP contribution >= 0.6 is 11.3 Å². The molecule has 0 N–H and O–H groups in total. The zero-order valence-corrected chi connectivity index (χ0v) is 16.6. The smallest absolute Gasteiger partial charge is 0.228 e. The molecule has 6 nitrogen and oxygen atoms in total. The molecule has 0 fully saturated rings. The first kappa shape index (κ1) is 18.6. The molecule has 28 heavy (non-hydrogen) atoms. The van der Waals surface area contributed by atoms with Gasteiger partial charge in [-0.2, -0.15) is 5.10 Å². The summed E-state index contributed by atoms with van der Waals surface area (Å²) in [5, 5.41) is 7.33. The second-order valence-electron chi connectivity index (χ2n) is 7.02. The number of hydrogen-bond acceptors (Lipinski definition) is 5. The Kier molecular flexibility index (Phi) is 5.34. The molecule has 144 valence electrons. The topological polar surface area (TPSA) is 68.1 Å². The van der Waals surface area contributed by atoms with Crippen LogP contribution in [0.15, 0.2) is 41.9 Å². The molecule has 2 aromatic heterocycles. The van der Waals surface area contributed by atoms with E-state index in [0.29, 0.717) is 13.0 Å². The Bertz CT molecular complexity index is 977. The molecule has 0 radical (unpaired) electrons. The predicted molar refractivity (Wildman–Crippen MR) is 109 cm³/mol. The van der Waals surface area contributed by atoms with Crippen LogP contribution in [-0.4, -0.2) is 33.0 Å². The summed E-state index contributed by atoms with van der Waals surface area (Å²) >= 11 is 1.59. The minimum absolute atomic E-state index is 0.00619. The summed E-state index contributed by atoms with van der Waals surface area (Å²) in [6.07, 6.45) is 3.52. The Labute approximate surface area is 167 Å². The molecule has 1 aromatic carbocycles. The summed E-state index contributed by atoms with van der Waals surface area (Å²) in [5.74, 6) is 0.921. The van der Waals surface area contributed by atoms with Gasteiger partial charge >= 0.3 is 0 Å². The number of carbonyl (C=O) groups excluding carboxylic acids is 2. The van der Waals surface area contributed by atoms with E-state index in [2.05, 4.69) is 10.1 Å². The van der Waals surface area contributed by atoms with Gasteiger partial charge < -0.3 is 0 Å². The average molecular weight is 395 g/mol. The van der Waals surface area contributed by atoms with Gasteiger partial charge in [0.25, 0.3) is 0 Å². The summed E-state index contributed by atoms with van der Waals surface area (Å²) in [5.41, 5.74) is 2.93. The number of aryl methyl sites for hydroxylation is 2. The Morgan fingerprint density at radius 3 is 2.71 bits per heavy atom. The van der Waals surface area contributed by atoms with Crippen LogP contribution in [-0.2, 0) is 22.6 Å². The molecule has 0 saturated heterocycles. The van der Waals surface area contributed by atoms with Crippen LogP contribution in [0.1, 0.15) is 30.5 Å². The fourth-order valence-corrected chi connectivity index (χ4v) is 4.13. The first-order chi connectivity index (χ1) is 13.6. The highest BCUT2D eigenvalue weighted by atomic mass is 32.1. The Morgan fingerprint density at radius 2 is 1.96 bits per heavy atom. The maximum atomic E-state index is 12.6. The van der Waals surface area contributed by atoms with Crippen molar-refractivity contribution in [1.82, 2.24) is 14.8 Å². The highest BCUT2D eigenvalue weighted by molar-refractivity contribution is 7.13. The molecule has 4 rings (SSSR count). The summed E-state index contributed by atoms with van der Waals surface area (Å²) in [6, 6.07) is 9.83. The third-order valence-corrected chi connectivity index (χ3v) is 5.68. The van der Waals surface area contributed by atoms with Crippen molar-refractivity contribution in [3.8, 4) is 10.6 Å². The van der Waals surface area contributed by atoms with Gasteiger partial charge in [0.1, 0.15) is 16.6 Å². The van der Waals surface area contributed by atoms with Crippen LogP contribution in [0.25, 0.3) is 10.6 Å². The third-order valence-electron chi connectivity index (χ3n) is 4.86. The van der Waals surface area contributed by atoms with E-state index >= 15 is 0 Å². The largest absolute Gasteiger partial charge is 0.299 e. The number of hydrogen-bond donors (Lipinski definition) is 0. The molecule has 1 aliphatic rings. The molecule has 1 amide bonds. The summed E-state index contributed by atoms with van der Waals surface area (Å²) in [4.78, 5) is 31.0. The Balaban J connectivity index is 1.32. The van der Waals surface area contributed by atoms with Gasteiger partial charge in [-0.05, 0) is 18.9 Å². The maximum absolute atomic E-state index is 12.6. The quantitative estimate of drug-likeness (QED) is 0.640. The molecule has 0 aliphatic carbocycles. The molecule has 0 saturated carbocycles. The zero-order valence-electron chi connectivity index (χ0n) is 15.8. The van der Waals surface area contributed by atoms with Crippen LogP contribution < -0.4 is 4.90 Å². The van der Waals surface area contributed by atoms with E-state index in [4.69, 9.17) is 0 Å². The van der Waals surface area contributed by atoms with Crippen molar-refractivity contribution in [1.29, 1.82) is 0 Å². The first-order valence-electron chi connectivity index (χ1n) is 9.45. The fourth-order valence-electron chi connectivity index (χ4n) is 3.49. The van der Waals surface area contributed by atoms with E-state index in [1.165, 1.54) is 0 Å². The number of fused-ring (bicyclic) bond motifs is 1. The summed E-state index contributed by atoms with van der Waals surface area (Å²) in [7, 11) is 0. The number of carbonyl (C=O) groups is 2. The van der Waals surface area contributed by atoms with Gasteiger partial charge in [-0.3, -0.25) is 14.5 Å². The van der Waals surface area contributed by atoms with E-state index in [1.54, 1.807) is 22.4 Å². The van der Waals surface area contributed by atoms with Crippen molar-refractivity contribution in [3.63, 3.8) is 0 Å². The number of aromatic nitrogens is 3. The van der Waals surface area contributed by atoms with Crippen LogP contribution in [0.2, 0.25) is 0 Å². The first-order valence-corrected chi connectivity index (χ1v) is 10.3. The number of Topliss-reactive ketones (excluding diaryl/α,β-unsaturated/α-hetero) is 1. The van der Waals surface area contributed by atoms with Crippen molar-refractivity contribution in [2.24, 2.45) is 0 Å². The van der Waals surface area contributed by atoms with Crippen LogP contribution in [0.5, 0.6) is 0 Å². The molecule has 3 heterocycles. The minimum atomic E-state index is -0.00619. The molecule has 3 aromatic rings. The van der Waals surface area contributed by atoms with E-state index in [0.717, 1.165) is 40.6 Å². The van der Waals surface area contributed by atoms with Crippen LogP contribution in [0, 0.1) is 6.92 Å². The SMILES string of the molecule is Cc1cc2n(n1)CCCN2C(=O)CCC(=O)Cc1ccc(-c2nccs2)cc1. The van der Waals surface area contributed by atoms with E-state index < -0.39 is 0 Å². The summed E-state index contributed by atoms with van der Waals surface area (Å²) in [6.45, 7) is 3.45. The number of benzene rings is 1. The van der Waals surface area contributed by atoms with Gasteiger partial charge in [0.2, 0.25) is 5.91 Å². The second-order valence-corrected chi connectivity index (χ2v) is 7.91.